The maximum absolute atomic E-state index is 13.3. The quantitative estimate of drug-likeness (QED) is 0.869. The fraction of sp³-hybridized carbons (Fsp3) is 0.235. The predicted molar refractivity (Wildman–Crippen MR) is 92.1 cm³/mol. The minimum atomic E-state index is -3.59. The minimum Gasteiger partial charge on any atom is -0.350 e. The first kappa shape index (κ1) is 17.9. The molecule has 0 radical (unpaired) electrons. The van der Waals surface area contributed by atoms with Gasteiger partial charge in [0.25, 0.3) is 5.91 Å². The van der Waals surface area contributed by atoms with Crippen molar-refractivity contribution in [3.05, 3.63) is 65.5 Å². The largest absolute Gasteiger partial charge is 0.350 e. The van der Waals surface area contributed by atoms with Gasteiger partial charge in [-0.1, -0.05) is 23.8 Å². The van der Waals surface area contributed by atoms with E-state index in [0.29, 0.717) is 5.56 Å². The van der Waals surface area contributed by atoms with Gasteiger partial charge in [0, 0.05) is 12.1 Å². The summed E-state index contributed by atoms with van der Waals surface area (Å²) in [5, 5.41) is 2.67. The van der Waals surface area contributed by atoms with Crippen LogP contribution in [0.1, 0.15) is 15.9 Å². The van der Waals surface area contributed by atoms with Crippen molar-refractivity contribution in [1.29, 1.82) is 0 Å². The number of rotatable bonds is 6. The summed E-state index contributed by atoms with van der Waals surface area (Å²) in [6.07, 6.45) is 1.04. The van der Waals surface area contributed by atoms with Crippen LogP contribution in [0.2, 0.25) is 0 Å². The molecule has 0 bridgehead atoms. The zero-order valence-electron chi connectivity index (χ0n) is 13.5. The SMILES string of the molecule is Cc1cccc(C(=O)NCCN(c2cccc(F)c2)S(C)(=O)=O)c1. The number of benzene rings is 2. The Balaban J connectivity index is 2.05. The summed E-state index contributed by atoms with van der Waals surface area (Å²) >= 11 is 0. The van der Waals surface area contributed by atoms with Crippen molar-refractivity contribution in [3.8, 4) is 0 Å². The van der Waals surface area contributed by atoms with Crippen LogP contribution in [0, 0.1) is 12.7 Å². The molecular formula is C17H19FN2O3S. The lowest BCUT2D eigenvalue weighted by atomic mass is 10.1. The zero-order chi connectivity index (χ0) is 17.7. The lowest BCUT2D eigenvalue weighted by molar-refractivity contribution is 0.0954. The number of nitrogens with one attached hydrogen (secondary N) is 1. The van der Waals surface area contributed by atoms with E-state index in [2.05, 4.69) is 5.32 Å². The van der Waals surface area contributed by atoms with Crippen LogP contribution in [0.5, 0.6) is 0 Å². The summed E-state index contributed by atoms with van der Waals surface area (Å²) < 4.78 is 38.2. The van der Waals surface area contributed by atoms with Gasteiger partial charge in [-0.3, -0.25) is 9.10 Å². The number of hydrogen-bond donors (Lipinski definition) is 1. The van der Waals surface area contributed by atoms with E-state index >= 15 is 0 Å². The molecular weight excluding hydrogens is 331 g/mol. The number of aryl methyl sites for hydroxylation is 1. The lowest BCUT2D eigenvalue weighted by Gasteiger charge is -2.22. The number of hydrogen-bond acceptors (Lipinski definition) is 3. The average molecular weight is 350 g/mol. The molecule has 0 heterocycles. The summed E-state index contributed by atoms with van der Waals surface area (Å²) in [6, 6.07) is 12.4. The smallest absolute Gasteiger partial charge is 0.251 e. The first-order chi connectivity index (χ1) is 11.3. The third-order valence-electron chi connectivity index (χ3n) is 3.38. The Morgan fingerprint density at radius 3 is 2.50 bits per heavy atom. The molecule has 2 aromatic carbocycles. The highest BCUT2D eigenvalue weighted by Gasteiger charge is 2.18. The molecule has 2 aromatic rings. The Labute approximate surface area is 141 Å². The van der Waals surface area contributed by atoms with E-state index in [1.807, 2.05) is 13.0 Å². The van der Waals surface area contributed by atoms with Gasteiger partial charge in [0.05, 0.1) is 18.5 Å². The molecule has 0 aliphatic carbocycles. The number of carbonyl (C=O) groups excluding carboxylic acids is 1. The van der Waals surface area contributed by atoms with E-state index in [1.54, 1.807) is 18.2 Å². The molecule has 128 valence electrons. The highest BCUT2D eigenvalue weighted by molar-refractivity contribution is 7.92. The van der Waals surface area contributed by atoms with Gasteiger partial charge in [-0.25, -0.2) is 12.8 Å². The van der Waals surface area contributed by atoms with Gasteiger partial charge in [0.2, 0.25) is 10.0 Å². The number of carbonyl (C=O) groups is 1. The van der Waals surface area contributed by atoms with Crippen molar-refractivity contribution >= 4 is 21.6 Å². The highest BCUT2D eigenvalue weighted by atomic mass is 32.2. The Kier molecular flexibility index (Phi) is 5.56. The Hall–Kier alpha value is -2.41. The number of halogens is 1. The molecule has 0 atom stereocenters. The van der Waals surface area contributed by atoms with Crippen LogP contribution >= 0.6 is 0 Å². The maximum atomic E-state index is 13.3. The molecule has 0 spiro atoms. The molecule has 2 rings (SSSR count). The molecule has 0 saturated heterocycles. The molecule has 24 heavy (non-hydrogen) atoms. The standard InChI is InChI=1S/C17H19FN2O3S/c1-13-5-3-6-14(11-13)17(21)19-9-10-20(24(2,22)23)16-8-4-7-15(18)12-16/h3-8,11-12H,9-10H2,1-2H3,(H,19,21). The van der Waals surface area contributed by atoms with Crippen molar-refractivity contribution in [2.24, 2.45) is 0 Å². The van der Waals surface area contributed by atoms with E-state index in [0.717, 1.165) is 22.2 Å². The normalized spacial score (nSPS) is 11.1. The van der Waals surface area contributed by atoms with Crippen LogP contribution in [0.4, 0.5) is 10.1 Å². The molecule has 5 nitrogen and oxygen atoms in total. The molecule has 0 unspecified atom stereocenters. The predicted octanol–water partition coefficient (Wildman–Crippen LogP) is 2.33. The summed E-state index contributed by atoms with van der Waals surface area (Å²) in [6.45, 7) is 2.00. The van der Waals surface area contributed by atoms with Gasteiger partial charge in [0.1, 0.15) is 5.82 Å². The van der Waals surface area contributed by atoms with E-state index in [1.165, 1.54) is 18.2 Å². The van der Waals surface area contributed by atoms with Gasteiger partial charge >= 0.3 is 0 Å². The van der Waals surface area contributed by atoms with Crippen LogP contribution < -0.4 is 9.62 Å². The lowest BCUT2D eigenvalue weighted by Crippen LogP contribution is -2.38. The van der Waals surface area contributed by atoms with Crippen molar-refractivity contribution in [3.63, 3.8) is 0 Å². The fourth-order valence-corrected chi connectivity index (χ4v) is 3.20. The monoisotopic (exact) mass is 350 g/mol. The molecule has 0 fully saturated rings. The maximum Gasteiger partial charge on any atom is 0.251 e. The Morgan fingerprint density at radius 1 is 1.17 bits per heavy atom. The molecule has 0 aromatic heterocycles. The first-order valence-electron chi connectivity index (χ1n) is 7.35. The first-order valence-corrected chi connectivity index (χ1v) is 9.20. The summed E-state index contributed by atoms with van der Waals surface area (Å²) in [7, 11) is -3.59. The zero-order valence-corrected chi connectivity index (χ0v) is 14.3. The Bertz CT molecular complexity index is 837. The van der Waals surface area contributed by atoms with E-state index < -0.39 is 15.8 Å². The number of nitrogens with zero attached hydrogens (tertiary/aromatic N) is 1. The third-order valence-corrected chi connectivity index (χ3v) is 4.57. The second-order valence-electron chi connectivity index (χ2n) is 5.44. The van der Waals surface area contributed by atoms with Crippen molar-refractivity contribution < 1.29 is 17.6 Å². The molecule has 1 N–H and O–H groups in total. The van der Waals surface area contributed by atoms with Crippen LogP contribution in [-0.2, 0) is 10.0 Å². The highest BCUT2D eigenvalue weighted by Crippen LogP contribution is 2.18. The van der Waals surface area contributed by atoms with Crippen LogP contribution in [0.15, 0.2) is 48.5 Å². The van der Waals surface area contributed by atoms with E-state index in [9.17, 15) is 17.6 Å². The van der Waals surface area contributed by atoms with Gasteiger partial charge in [-0.05, 0) is 37.3 Å². The summed E-state index contributed by atoms with van der Waals surface area (Å²) in [5.74, 6) is -0.809. The van der Waals surface area contributed by atoms with E-state index in [4.69, 9.17) is 0 Å². The van der Waals surface area contributed by atoms with Gasteiger partial charge in [-0.2, -0.15) is 0 Å². The summed E-state index contributed by atoms with van der Waals surface area (Å²) in [4.78, 5) is 12.1. The average Bonchev–Trinajstić information content (AvgIpc) is 2.50. The topological polar surface area (TPSA) is 66.5 Å². The number of sulfonamides is 1. The van der Waals surface area contributed by atoms with E-state index in [-0.39, 0.29) is 24.7 Å². The van der Waals surface area contributed by atoms with Crippen molar-refractivity contribution in [2.45, 2.75) is 6.92 Å². The van der Waals surface area contributed by atoms with Gasteiger partial charge in [-0.15, -0.1) is 0 Å². The van der Waals surface area contributed by atoms with Gasteiger partial charge in [0.15, 0.2) is 0 Å². The second-order valence-corrected chi connectivity index (χ2v) is 7.35. The molecule has 7 heteroatoms. The summed E-state index contributed by atoms with van der Waals surface area (Å²) in [5.41, 5.74) is 1.69. The van der Waals surface area contributed by atoms with Crippen LogP contribution in [0.3, 0.4) is 0 Å². The van der Waals surface area contributed by atoms with Gasteiger partial charge < -0.3 is 5.32 Å². The third kappa shape index (κ3) is 4.79. The molecule has 0 saturated carbocycles. The number of anilines is 1. The van der Waals surface area contributed by atoms with Crippen LogP contribution in [0.25, 0.3) is 0 Å². The van der Waals surface area contributed by atoms with Crippen molar-refractivity contribution in [2.75, 3.05) is 23.7 Å². The number of amides is 1. The Morgan fingerprint density at radius 2 is 1.88 bits per heavy atom. The minimum absolute atomic E-state index is 0.0137. The molecule has 1 amide bonds. The van der Waals surface area contributed by atoms with Crippen LogP contribution in [-0.4, -0.2) is 33.7 Å². The van der Waals surface area contributed by atoms with Crippen molar-refractivity contribution in [1.82, 2.24) is 5.32 Å². The molecule has 0 aliphatic heterocycles. The molecule has 0 aliphatic rings. The fourth-order valence-electron chi connectivity index (χ4n) is 2.28. The second kappa shape index (κ2) is 7.44.